The molecular formula is C18H19FN4. The van der Waals surface area contributed by atoms with Crippen LogP contribution >= 0.6 is 0 Å². The molecule has 4 nitrogen and oxygen atoms in total. The highest BCUT2D eigenvalue weighted by atomic mass is 19.1. The Morgan fingerprint density at radius 2 is 2.04 bits per heavy atom. The quantitative estimate of drug-likeness (QED) is 0.736. The summed E-state index contributed by atoms with van der Waals surface area (Å²) in [7, 11) is 2.16. The number of aromatic amines is 1. The molecule has 0 saturated carbocycles. The lowest BCUT2D eigenvalue weighted by Crippen LogP contribution is -2.29. The Morgan fingerprint density at radius 3 is 2.83 bits per heavy atom. The van der Waals surface area contributed by atoms with E-state index in [9.17, 15) is 4.39 Å². The fourth-order valence-corrected chi connectivity index (χ4v) is 3.37. The third kappa shape index (κ3) is 2.72. The number of nitrogens with zero attached hydrogens (tertiary/aromatic N) is 3. The first-order chi connectivity index (χ1) is 11.2. The lowest BCUT2D eigenvalue weighted by molar-refractivity contribution is 0.254. The van der Waals surface area contributed by atoms with Crippen molar-refractivity contribution in [3.05, 3.63) is 48.2 Å². The molecule has 0 spiro atoms. The van der Waals surface area contributed by atoms with Crippen molar-refractivity contribution in [3.63, 3.8) is 0 Å². The van der Waals surface area contributed by atoms with Crippen LogP contribution in [-0.2, 0) is 0 Å². The van der Waals surface area contributed by atoms with Gasteiger partial charge in [0.15, 0.2) is 0 Å². The smallest absolute Gasteiger partial charge is 0.213 e. The van der Waals surface area contributed by atoms with Crippen LogP contribution in [0.15, 0.2) is 36.5 Å². The Hall–Kier alpha value is -2.27. The first-order valence-electron chi connectivity index (χ1n) is 8.00. The average molecular weight is 310 g/mol. The van der Waals surface area contributed by atoms with E-state index in [0.29, 0.717) is 11.6 Å². The van der Waals surface area contributed by atoms with Crippen molar-refractivity contribution in [3.8, 4) is 11.3 Å². The van der Waals surface area contributed by atoms with Gasteiger partial charge < -0.3 is 9.88 Å². The maximum Gasteiger partial charge on any atom is 0.213 e. The van der Waals surface area contributed by atoms with Crippen molar-refractivity contribution in [2.45, 2.75) is 18.8 Å². The molecule has 0 unspecified atom stereocenters. The van der Waals surface area contributed by atoms with E-state index in [0.717, 1.165) is 42.5 Å². The van der Waals surface area contributed by atoms with Crippen molar-refractivity contribution in [1.82, 2.24) is 19.9 Å². The highest BCUT2D eigenvalue weighted by Gasteiger charge is 2.21. The largest absolute Gasteiger partial charge is 0.343 e. The van der Waals surface area contributed by atoms with Gasteiger partial charge in [0.05, 0.1) is 5.69 Å². The molecule has 0 atom stereocenters. The lowest BCUT2D eigenvalue weighted by Gasteiger charge is -2.28. The monoisotopic (exact) mass is 310 g/mol. The van der Waals surface area contributed by atoms with Gasteiger partial charge in [0.1, 0.15) is 5.65 Å². The Labute approximate surface area is 134 Å². The van der Waals surface area contributed by atoms with Crippen LogP contribution < -0.4 is 0 Å². The molecule has 1 N–H and O–H groups in total. The number of fused-ring (bicyclic) bond motifs is 1. The molecule has 0 aliphatic carbocycles. The summed E-state index contributed by atoms with van der Waals surface area (Å²) >= 11 is 0. The standard InChI is InChI=1S/C18H19FN4/c1-23-9-6-12(7-10-23)16-11-14-13(5-8-20-18(14)22-16)15-3-2-4-17(19)21-15/h2-5,8,11-12H,6-7,9-10H2,1H3,(H,20,22). The van der Waals surface area contributed by atoms with E-state index in [-0.39, 0.29) is 0 Å². The van der Waals surface area contributed by atoms with Crippen LogP contribution in [0.4, 0.5) is 4.39 Å². The highest BCUT2D eigenvalue weighted by Crippen LogP contribution is 2.32. The lowest BCUT2D eigenvalue weighted by atomic mass is 9.93. The molecule has 3 aromatic rings. The molecule has 3 aromatic heterocycles. The van der Waals surface area contributed by atoms with E-state index in [2.05, 4.69) is 33.0 Å². The Balaban J connectivity index is 1.76. The molecule has 1 aliphatic heterocycles. The zero-order chi connectivity index (χ0) is 15.8. The number of hydrogen-bond donors (Lipinski definition) is 1. The van der Waals surface area contributed by atoms with Crippen LogP contribution in [0, 0.1) is 5.95 Å². The Morgan fingerprint density at radius 1 is 1.22 bits per heavy atom. The normalized spacial score (nSPS) is 17.0. The van der Waals surface area contributed by atoms with E-state index in [1.807, 2.05) is 12.1 Å². The van der Waals surface area contributed by atoms with E-state index < -0.39 is 5.95 Å². The summed E-state index contributed by atoms with van der Waals surface area (Å²) < 4.78 is 13.4. The summed E-state index contributed by atoms with van der Waals surface area (Å²) in [6.45, 7) is 2.23. The van der Waals surface area contributed by atoms with Crippen molar-refractivity contribution >= 4 is 11.0 Å². The molecule has 4 rings (SSSR count). The molecule has 0 aromatic carbocycles. The topological polar surface area (TPSA) is 44.8 Å². The summed E-state index contributed by atoms with van der Waals surface area (Å²) in [5.74, 6) is 0.0762. The maximum atomic E-state index is 13.4. The predicted molar refractivity (Wildman–Crippen MR) is 88.8 cm³/mol. The molecule has 0 radical (unpaired) electrons. The van der Waals surface area contributed by atoms with E-state index in [1.165, 1.54) is 11.8 Å². The minimum Gasteiger partial charge on any atom is -0.343 e. The molecule has 0 amide bonds. The van der Waals surface area contributed by atoms with Crippen molar-refractivity contribution in [2.24, 2.45) is 0 Å². The first-order valence-corrected chi connectivity index (χ1v) is 8.00. The fourth-order valence-electron chi connectivity index (χ4n) is 3.37. The van der Waals surface area contributed by atoms with Gasteiger partial charge in [-0.2, -0.15) is 4.39 Å². The molecule has 4 heterocycles. The number of pyridine rings is 2. The Kier molecular flexibility index (Phi) is 3.58. The first kappa shape index (κ1) is 14.3. The van der Waals surface area contributed by atoms with Gasteiger partial charge in [-0.05, 0) is 57.2 Å². The molecular weight excluding hydrogens is 291 g/mol. The molecule has 1 saturated heterocycles. The second-order valence-electron chi connectivity index (χ2n) is 6.27. The van der Waals surface area contributed by atoms with Crippen LogP contribution in [0.2, 0.25) is 0 Å². The number of H-pyrrole nitrogens is 1. The van der Waals surface area contributed by atoms with E-state index in [4.69, 9.17) is 0 Å². The summed E-state index contributed by atoms with van der Waals surface area (Å²) in [6.07, 6.45) is 4.05. The molecule has 1 aliphatic rings. The number of nitrogens with one attached hydrogen (secondary N) is 1. The number of likely N-dealkylation sites (tertiary alicyclic amines) is 1. The van der Waals surface area contributed by atoms with Crippen LogP contribution in [0.1, 0.15) is 24.5 Å². The van der Waals surface area contributed by atoms with Crippen LogP contribution in [0.3, 0.4) is 0 Å². The second-order valence-corrected chi connectivity index (χ2v) is 6.27. The third-order valence-electron chi connectivity index (χ3n) is 4.70. The van der Waals surface area contributed by atoms with Gasteiger partial charge in [0.2, 0.25) is 5.95 Å². The summed E-state index contributed by atoms with van der Waals surface area (Å²) in [5, 5.41) is 1.01. The maximum absolute atomic E-state index is 13.4. The number of aromatic nitrogens is 3. The average Bonchev–Trinajstić information content (AvgIpc) is 2.99. The van der Waals surface area contributed by atoms with Gasteiger partial charge in [-0.15, -0.1) is 0 Å². The van der Waals surface area contributed by atoms with Gasteiger partial charge in [-0.1, -0.05) is 6.07 Å². The summed E-state index contributed by atoms with van der Waals surface area (Å²) in [4.78, 5) is 14.3. The number of rotatable bonds is 2. The predicted octanol–water partition coefficient (Wildman–Crippen LogP) is 3.57. The van der Waals surface area contributed by atoms with Gasteiger partial charge >= 0.3 is 0 Å². The van der Waals surface area contributed by atoms with E-state index >= 15 is 0 Å². The van der Waals surface area contributed by atoms with Gasteiger partial charge in [0.25, 0.3) is 0 Å². The van der Waals surface area contributed by atoms with Crippen LogP contribution in [0.25, 0.3) is 22.3 Å². The Bertz CT molecular complexity index is 834. The summed E-state index contributed by atoms with van der Waals surface area (Å²) in [6, 6.07) is 8.95. The number of hydrogen-bond acceptors (Lipinski definition) is 3. The zero-order valence-electron chi connectivity index (χ0n) is 13.1. The van der Waals surface area contributed by atoms with Gasteiger partial charge in [-0.3, -0.25) is 0 Å². The molecule has 23 heavy (non-hydrogen) atoms. The highest BCUT2D eigenvalue weighted by molar-refractivity contribution is 5.92. The third-order valence-corrected chi connectivity index (χ3v) is 4.70. The summed E-state index contributed by atoms with van der Waals surface area (Å²) in [5.41, 5.74) is 3.64. The van der Waals surface area contributed by atoms with Crippen LogP contribution in [0.5, 0.6) is 0 Å². The number of halogens is 1. The number of piperidine rings is 1. The zero-order valence-corrected chi connectivity index (χ0v) is 13.1. The van der Waals surface area contributed by atoms with Crippen molar-refractivity contribution in [2.75, 3.05) is 20.1 Å². The van der Waals surface area contributed by atoms with Gasteiger partial charge in [0, 0.05) is 28.8 Å². The fraction of sp³-hybridized carbons (Fsp3) is 0.333. The van der Waals surface area contributed by atoms with Crippen molar-refractivity contribution in [1.29, 1.82) is 0 Å². The minimum atomic E-state index is -0.460. The second kappa shape index (κ2) is 5.74. The van der Waals surface area contributed by atoms with Crippen LogP contribution in [-0.4, -0.2) is 40.0 Å². The molecule has 1 fully saturated rings. The SMILES string of the molecule is CN1CCC(c2cc3c(-c4cccc(F)n4)ccnc3[nH]2)CC1. The minimum absolute atomic E-state index is 0.460. The molecule has 118 valence electrons. The van der Waals surface area contributed by atoms with E-state index in [1.54, 1.807) is 12.3 Å². The molecule has 0 bridgehead atoms. The van der Waals surface area contributed by atoms with Crippen molar-refractivity contribution < 1.29 is 4.39 Å². The molecule has 5 heteroatoms. The van der Waals surface area contributed by atoms with Gasteiger partial charge in [-0.25, -0.2) is 9.97 Å².